The van der Waals surface area contributed by atoms with Crippen LogP contribution in [-0.4, -0.2) is 0 Å². The molecular weight excluding hydrogens is 176 g/mol. The van der Waals surface area contributed by atoms with Crippen molar-refractivity contribution in [1.29, 1.82) is 0 Å². The molecule has 0 aliphatic rings. The minimum Gasteiger partial charge on any atom is -0.0798 e. The largest absolute Gasteiger partial charge is 0.516 e. The van der Waals surface area contributed by atoms with Crippen molar-refractivity contribution in [1.82, 2.24) is 0 Å². The van der Waals surface area contributed by atoms with Crippen LogP contribution in [0.15, 0.2) is 46.0 Å². The summed E-state index contributed by atoms with van der Waals surface area (Å²) in [6.07, 6.45) is 0. The first kappa shape index (κ1) is 8.30. The second kappa shape index (κ2) is 4.93. The predicted octanol–water partition coefficient (Wildman–Crippen LogP) is 2.66. The Morgan fingerprint density at radius 1 is 1.09 bits per heavy atom. The average molecular weight is 183 g/mol. The summed E-state index contributed by atoms with van der Waals surface area (Å²) in [4.78, 5) is 0. The zero-order valence-corrected chi connectivity index (χ0v) is 7.40. The molecule has 0 saturated heterocycles. The molecular formula is C8H7OS2+. The van der Waals surface area contributed by atoms with E-state index in [-0.39, 0.29) is 0 Å². The first-order valence-electron chi connectivity index (χ1n) is 3.10. The Hall–Kier alpha value is -0.800. The normalized spacial score (nSPS) is 8.36. The summed E-state index contributed by atoms with van der Waals surface area (Å²) in [5.74, 6) is 0. The summed E-state index contributed by atoms with van der Waals surface area (Å²) >= 11 is 1.96. The van der Waals surface area contributed by atoms with Crippen molar-refractivity contribution in [3.8, 4) is 0 Å². The van der Waals surface area contributed by atoms with Gasteiger partial charge >= 0.3 is 15.9 Å². The third kappa shape index (κ3) is 3.20. The summed E-state index contributed by atoms with van der Waals surface area (Å²) in [6.45, 7) is 0. The fourth-order valence-electron chi connectivity index (χ4n) is 0.565. The molecule has 0 aliphatic heterocycles. The van der Waals surface area contributed by atoms with Gasteiger partial charge in [0.05, 0.1) is 0 Å². The minimum absolute atomic E-state index is 0.521. The highest BCUT2D eigenvalue weighted by Crippen LogP contribution is 2.02. The van der Waals surface area contributed by atoms with E-state index >= 15 is 0 Å². The molecule has 0 bridgehead atoms. The lowest BCUT2D eigenvalue weighted by atomic mass is 10.5. The Balaban J connectivity index is 3.16. The molecule has 0 spiro atoms. The molecule has 11 heavy (non-hydrogen) atoms. The smallest absolute Gasteiger partial charge is 0.0798 e. The summed E-state index contributed by atoms with van der Waals surface area (Å²) in [6, 6.07) is 11.3. The van der Waals surface area contributed by atoms with E-state index in [0.29, 0.717) is 11.7 Å². The highest BCUT2D eigenvalue weighted by molar-refractivity contribution is 7.68. The monoisotopic (exact) mass is 183 g/mol. The molecule has 1 nitrogen and oxygen atoms in total. The van der Waals surface area contributed by atoms with Crippen molar-refractivity contribution < 1.29 is 4.21 Å². The molecule has 1 aromatic rings. The molecule has 0 amide bonds. The zero-order valence-electron chi connectivity index (χ0n) is 5.77. The van der Waals surface area contributed by atoms with Crippen LogP contribution >= 0.6 is 11.3 Å². The van der Waals surface area contributed by atoms with Gasteiger partial charge in [0.2, 0.25) is 0 Å². The van der Waals surface area contributed by atoms with E-state index in [1.807, 2.05) is 41.8 Å². The Morgan fingerprint density at radius 2 is 1.82 bits per heavy atom. The average Bonchev–Trinajstić information content (AvgIpc) is 2.16. The van der Waals surface area contributed by atoms with Crippen LogP contribution in [0.2, 0.25) is 0 Å². The maximum Gasteiger partial charge on any atom is 0.516 e. The second-order valence-electron chi connectivity index (χ2n) is 1.79. The van der Waals surface area contributed by atoms with Crippen LogP contribution in [0.1, 0.15) is 0 Å². The van der Waals surface area contributed by atoms with Gasteiger partial charge in [0.15, 0.2) is 0 Å². The van der Waals surface area contributed by atoms with Gasteiger partial charge in [-0.1, -0.05) is 41.7 Å². The maximum atomic E-state index is 10.4. The maximum absolute atomic E-state index is 10.4. The number of hydrogen-bond acceptors (Lipinski definition) is 2. The van der Waals surface area contributed by atoms with E-state index in [4.69, 9.17) is 0 Å². The quantitative estimate of drug-likeness (QED) is 0.612. The van der Waals surface area contributed by atoms with E-state index in [2.05, 4.69) is 0 Å². The molecule has 1 heterocycles. The summed E-state index contributed by atoms with van der Waals surface area (Å²) < 4.78 is 11.2. The van der Waals surface area contributed by atoms with Gasteiger partial charge in [-0.05, 0) is 5.38 Å². The van der Waals surface area contributed by atoms with Crippen LogP contribution in [0, 0.1) is 0 Å². The van der Waals surface area contributed by atoms with E-state index in [0.717, 1.165) is 4.21 Å². The molecule has 56 valence electrons. The lowest BCUT2D eigenvalue weighted by molar-refractivity contribution is 0.605. The van der Waals surface area contributed by atoms with Crippen molar-refractivity contribution in [2.24, 2.45) is 0 Å². The molecule has 1 rings (SSSR count). The lowest BCUT2D eigenvalue weighted by Gasteiger charge is -1.61. The zero-order chi connectivity index (χ0) is 7.94. The van der Waals surface area contributed by atoms with Gasteiger partial charge < -0.3 is 0 Å². The Morgan fingerprint density at radius 3 is 2.64 bits per heavy atom. The first-order valence-corrected chi connectivity index (χ1v) is 4.72. The third-order valence-electron chi connectivity index (χ3n) is 1.02. The van der Waals surface area contributed by atoms with Crippen LogP contribution < -0.4 is 0 Å². The topological polar surface area (TPSA) is 17.1 Å². The van der Waals surface area contributed by atoms with Gasteiger partial charge in [-0.25, -0.2) is 0 Å². The van der Waals surface area contributed by atoms with Gasteiger partial charge in [-0.2, -0.15) is 0 Å². The third-order valence-corrected chi connectivity index (χ3v) is 2.48. The van der Waals surface area contributed by atoms with Crippen LogP contribution in [0.4, 0.5) is 0 Å². The van der Waals surface area contributed by atoms with Crippen molar-refractivity contribution in [3.63, 3.8) is 0 Å². The highest BCUT2D eigenvalue weighted by atomic mass is 32.2. The number of hydrogen-bond donors (Lipinski definition) is 0. The minimum atomic E-state index is 0.521. The molecule has 0 unspecified atom stereocenters. The van der Waals surface area contributed by atoms with Crippen LogP contribution in [0.25, 0.3) is 0 Å². The molecule has 0 saturated carbocycles. The molecule has 0 N–H and O–H groups in total. The number of rotatable bonds is 1. The summed E-state index contributed by atoms with van der Waals surface area (Å²) in [5.41, 5.74) is 0. The van der Waals surface area contributed by atoms with Gasteiger partial charge in [0.25, 0.3) is 0 Å². The Bertz CT molecular complexity index is 255. The highest BCUT2D eigenvalue weighted by Gasteiger charge is 2.00. The standard InChI is InChI=1S/C8H7OS2/c9-11-8-6-4-2-1-3-5-7-10-8/h1-7H/q+1. The second-order valence-corrected chi connectivity index (χ2v) is 3.60. The SMILES string of the molecule is O=[S+]c1cccccccs1. The Kier molecular flexibility index (Phi) is 3.72. The van der Waals surface area contributed by atoms with E-state index in [1.54, 1.807) is 0 Å². The fourth-order valence-corrected chi connectivity index (χ4v) is 1.48. The molecule has 0 aromatic carbocycles. The molecule has 0 atom stereocenters. The van der Waals surface area contributed by atoms with E-state index < -0.39 is 0 Å². The predicted molar refractivity (Wildman–Crippen MR) is 48.3 cm³/mol. The van der Waals surface area contributed by atoms with Crippen LogP contribution in [0.5, 0.6) is 0 Å². The molecule has 3 heteroatoms. The van der Waals surface area contributed by atoms with Crippen molar-refractivity contribution in [2.45, 2.75) is 4.21 Å². The summed E-state index contributed by atoms with van der Waals surface area (Å²) in [7, 11) is 0. The van der Waals surface area contributed by atoms with Gasteiger partial charge in [-0.3, -0.25) is 0 Å². The van der Waals surface area contributed by atoms with Crippen LogP contribution in [0.3, 0.4) is 0 Å². The van der Waals surface area contributed by atoms with E-state index in [1.165, 1.54) is 11.3 Å². The van der Waals surface area contributed by atoms with Gasteiger partial charge in [0.1, 0.15) is 0 Å². The van der Waals surface area contributed by atoms with Crippen LogP contribution in [-0.2, 0) is 15.9 Å². The molecule has 0 aliphatic carbocycles. The van der Waals surface area contributed by atoms with Gasteiger partial charge in [-0.15, -0.1) is 0 Å². The van der Waals surface area contributed by atoms with Crippen molar-refractivity contribution >= 4 is 23.0 Å². The first-order chi connectivity index (χ1) is 5.43. The molecule has 0 radical (unpaired) electrons. The van der Waals surface area contributed by atoms with Gasteiger partial charge in [0, 0.05) is 10.3 Å². The Labute approximate surface area is 73.5 Å². The fraction of sp³-hybridized carbons (Fsp3) is 0. The molecule has 0 fully saturated rings. The van der Waals surface area contributed by atoms with Crippen molar-refractivity contribution in [3.05, 3.63) is 41.8 Å². The summed E-state index contributed by atoms with van der Waals surface area (Å²) in [5, 5.41) is 1.89. The van der Waals surface area contributed by atoms with Crippen molar-refractivity contribution in [2.75, 3.05) is 0 Å². The lowest BCUT2D eigenvalue weighted by Crippen LogP contribution is -1.57. The van der Waals surface area contributed by atoms with E-state index in [9.17, 15) is 4.21 Å². The molecule has 1 aromatic heterocycles.